The van der Waals surface area contributed by atoms with Crippen LogP contribution in [-0.2, 0) is 6.42 Å². The quantitative estimate of drug-likeness (QED) is 0.863. The Morgan fingerprint density at radius 2 is 2.04 bits per heavy atom. The first-order valence-corrected chi connectivity index (χ1v) is 9.29. The Kier molecular flexibility index (Phi) is 4.89. The van der Waals surface area contributed by atoms with Crippen LogP contribution in [0, 0.1) is 0 Å². The van der Waals surface area contributed by atoms with E-state index in [1.165, 1.54) is 5.56 Å². The molecule has 142 valence electrons. The SMILES string of the molecule is COc1cc(C(C)N2CCN(c3ncc4c(n3)CCNC4=O)CC2)ccn1. The maximum absolute atomic E-state index is 11.8. The fraction of sp³-hybridized carbons (Fsp3) is 0.474. The molecule has 2 aliphatic rings. The molecule has 2 aliphatic heterocycles. The van der Waals surface area contributed by atoms with Gasteiger partial charge in [0.2, 0.25) is 11.8 Å². The van der Waals surface area contributed by atoms with Crippen molar-refractivity contribution in [2.24, 2.45) is 0 Å². The second kappa shape index (κ2) is 7.48. The first-order chi connectivity index (χ1) is 13.2. The van der Waals surface area contributed by atoms with Gasteiger partial charge in [-0.25, -0.2) is 15.0 Å². The summed E-state index contributed by atoms with van der Waals surface area (Å²) in [5.41, 5.74) is 2.65. The van der Waals surface area contributed by atoms with Gasteiger partial charge in [-0.2, -0.15) is 0 Å². The lowest BCUT2D eigenvalue weighted by Gasteiger charge is -2.38. The Morgan fingerprint density at radius 3 is 2.81 bits per heavy atom. The summed E-state index contributed by atoms with van der Waals surface area (Å²) in [6.07, 6.45) is 4.21. The van der Waals surface area contributed by atoms with Gasteiger partial charge in [-0.1, -0.05) is 0 Å². The van der Waals surface area contributed by atoms with E-state index in [0.717, 1.165) is 44.2 Å². The van der Waals surface area contributed by atoms with Gasteiger partial charge < -0.3 is 15.0 Å². The van der Waals surface area contributed by atoms with Crippen LogP contribution in [0.25, 0.3) is 0 Å². The molecule has 0 aliphatic carbocycles. The van der Waals surface area contributed by atoms with Gasteiger partial charge in [0.1, 0.15) is 0 Å². The third kappa shape index (κ3) is 3.57. The molecule has 1 N–H and O–H groups in total. The number of hydrogen-bond donors (Lipinski definition) is 1. The zero-order chi connectivity index (χ0) is 18.8. The van der Waals surface area contributed by atoms with Crippen LogP contribution in [0.1, 0.15) is 34.6 Å². The summed E-state index contributed by atoms with van der Waals surface area (Å²) >= 11 is 0. The summed E-state index contributed by atoms with van der Waals surface area (Å²) in [5.74, 6) is 1.29. The van der Waals surface area contributed by atoms with Gasteiger partial charge in [0.05, 0.1) is 18.4 Å². The fourth-order valence-corrected chi connectivity index (χ4v) is 3.65. The zero-order valence-corrected chi connectivity index (χ0v) is 15.7. The normalized spacial score (nSPS) is 18.6. The molecule has 1 amide bonds. The van der Waals surface area contributed by atoms with E-state index < -0.39 is 0 Å². The Labute approximate surface area is 158 Å². The number of nitrogens with one attached hydrogen (secondary N) is 1. The summed E-state index contributed by atoms with van der Waals surface area (Å²) in [6, 6.07) is 4.32. The van der Waals surface area contributed by atoms with E-state index in [4.69, 9.17) is 4.74 Å². The molecule has 1 fully saturated rings. The van der Waals surface area contributed by atoms with E-state index in [1.54, 1.807) is 19.5 Å². The predicted molar refractivity (Wildman–Crippen MR) is 101 cm³/mol. The number of amides is 1. The first kappa shape index (κ1) is 17.7. The Bertz CT molecular complexity index is 835. The topological polar surface area (TPSA) is 83.5 Å². The molecule has 8 heteroatoms. The van der Waals surface area contributed by atoms with E-state index >= 15 is 0 Å². The summed E-state index contributed by atoms with van der Waals surface area (Å²) in [7, 11) is 1.64. The van der Waals surface area contributed by atoms with E-state index in [9.17, 15) is 4.79 Å². The number of methoxy groups -OCH3 is 1. The smallest absolute Gasteiger partial charge is 0.254 e. The summed E-state index contributed by atoms with van der Waals surface area (Å²) in [5, 5.41) is 2.83. The van der Waals surface area contributed by atoms with Crippen molar-refractivity contribution in [3.8, 4) is 5.88 Å². The average molecular weight is 368 g/mol. The van der Waals surface area contributed by atoms with Crippen LogP contribution in [0.5, 0.6) is 5.88 Å². The van der Waals surface area contributed by atoms with Crippen molar-refractivity contribution in [1.82, 2.24) is 25.2 Å². The van der Waals surface area contributed by atoms with Crippen molar-refractivity contribution >= 4 is 11.9 Å². The maximum Gasteiger partial charge on any atom is 0.254 e. The molecule has 0 radical (unpaired) electrons. The molecule has 1 saturated heterocycles. The van der Waals surface area contributed by atoms with Gasteiger partial charge in [-0.3, -0.25) is 9.69 Å². The molecule has 0 aromatic carbocycles. The van der Waals surface area contributed by atoms with Crippen LogP contribution in [0.4, 0.5) is 5.95 Å². The highest BCUT2D eigenvalue weighted by molar-refractivity contribution is 5.96. The van der Waals surface area contributed by atoms with Gasteiger partial charge in [0, 0.05) is 63.6 Å². The first-order valence-electron chi connectivity index (χ1n) is 9.29. The van der Waals surface area contributed by atoms with Gasteiger partial charge in [-0.15, -0.1) is 0 Å². The number of ether oxygens (including phenoxy) is 1. The maximum atomic E-state index is 11.8. The number of carbonyl (C=O) groups is 1. The van der Waals surface area contributed by atoms with Crippen molar-refractivity contribution in [2.45, 2.75) is 19.4 Å². The molecule has 8 nitrogen and oxygen atoms in total. The van der Waals surface area contributed by atoms with E-state index in [-0.39, 0.29) is 11.9 Å². The highest BCUT2D eigenvalue weighted by Gasteiger charge is 2.25. The van der Waals surface area contributed by atoms with Gasteiger partial charge >= 0.3 is 0 Å². The van der Waals surface area contributed by atoms with Crippen LogP contribution in [-0.4, -0.2) is 65.6 Å². The Balaban J connectivity index is 1.42. The van der Waals surface area contributed by atoms with Gasteiger partial charge in [-0.05, 0) is 18.6 Å². The molecule has 27 heavy (non-hydrogen) atoms. The second-order valence-electron chi connectivity index (χ2n) is 6.87. The second-order valence-corrected chi connectivity index (χ2v) is 6.87. The lowest BCUT2D eigenvalue weighted by molar-refractivity contribution is 0.0944. The molecule has 1 atom stereocenters. The third-order valence-electron chi connectivity index (χ3n) is 5.34. The molecule has 2 aromatic heterocycles. The number of anilines is 1. The molecule has 0 spiro atoms. The molecule has 0 saturated carbocycles. The van der Waals surface area contributed by atoms with Crippen LogP contribution in [0.15, 0.2) is 24.5 Å². The Hall–Kier alpha value is -2.74. The summed E-state index contributed by atoms with van der Waals surface area (Å²) < 4.78 is 5.24. The molecule has 1 unspecified atom stereocenters. The highest BCUT2D eigenvalue weighted by Crippen LogP contribution is 2.25. The molecule has 4 heterocycles. The third-order valence-corrected chi connectivity index (χ3v) is 5.34. The number of hydrogen-bond acceptors (Lipinski definition) is 7. The standard InChI is InChI=1S/C19H24N6O2/c1-13(14-3-5-20-17(11-14)27-2)24-7-9-25(10-8-24)19-22-12-15-16(23-19)4-6-21-18(15)26/h3,5,11-13H,4,6-10H2,1-2H3,(H,21,26). The largest absolute Gasteiger partial charge is 0.481 e. The number of pyridine rings is 1. The van der Waals surface area contributed by atoms with Crippen molar-refractivity contribution in [1.29, 1.82) is 0 Å². The van der Waals surface area contributed by atoms with E-state index in [2.05, 4.69) is 37.0 Å². The number of fused-ring (bicyclic) bond motifs is 1. The van der Waals surface area contributed by atoms with Crippen molar-refractivity contribution in [2.75, 3.05) is 44.7 Å². The molecule has 2 aromatic rings. The number of nitrogens with zero attached hydrogens (tertiary/aromatic N) is 5. The van der Waals surface area contributed by atoms with Crippen LogP contribution < -0.4 is 15.0 Å². The predicted octanol–water partition coefficient (Wildman–Crippen LogP) is 1.05. The van der Waals surface area contributed by atoms with Crippen LogP contribution >= 0.6 is 0 Å². The van der Waals surface area contributed by atoms with E-state index in [0.29, 0.717) is 18.0 Å². The lowest BCUT2D eigenvalue weighted by Crippen LogP contribution is -2.48. The van der Waals surface area contributed by atoms with Gasteiger partial charge in [0.15, 0.2) is 0 Å². The Morgan fingerprint density at radius 1 is 1.22 bits per heavy atom. The molecular weight excluding hydrogens is 344 g/mol. The molecular formula is C19H24N6O2. The number of piperazine rings is 1. The summed E-state index contributed by atoms with van der Waals surface area (Å²) in [6.45, 7) is 6.41. The average Bonchev–Trinajstić information content (AvgIpc) is 2.73. The van der Waals surface area contributed by atoms with Crippen LogP contribution in [0.3, 0.4) is 0 Å². The molecule has 4 rings (SSSR count). The van der Waals surface area contributed by atoms with Crippen molar-refractivity contribution in [3.63, 3.8) is 0 Å². The minimum Gasteiger partial charge on any atom is -0.481 e. The number of carbonyl (C=O) groups excluding carboxylic acids is 1. The van der Waals surface area contributed by atoms with Crippen molar-refractivity contribution in [3.05, 3.63) is 41.3 Å². The van der Waals surface area contributed by atoms with Crippen LogP contribution in [0.2, 0.25) is 0 Å². The monoisotopic (exact) mass is 368 g/mol. The van der Waals surface area contributed by atoms with Crippen molar-refractivity contribution < 1.29 is 9.53 Å². The molecule has 0 bridgehead atoms. The number of rotatable bonds is 4. The minimum atomic E-state index is -0.0748. The van der Waals surface area contributed by atoms with E-state index in [1.807, 2.05) is 12.1 Å². The minimum absolute atomic E-state index is 0.0748. The fourth-order valence-electron chi connectivity index (χ4n) is 3.65. The van der Waals surface area contributed by atoms with Gasteiger partial charge in [0.25, 0.3) is 5.91 Å². The zero-order valence-electron chi connectivity index (χ0n) is 15.7. The number of aromatic nitrogens is 3. The lowest BCUT2D eigenvalue weighted by atomic mass is 10.1. The highest BCUT2D eigenvalue weighted by atomic mass is 16.5. The summed E-state index contributed by atoms with van der Waals surface area (Å²) in [4.78, 5) is 29.7.